The lowest BCUT2D eigenvalue weighted by Crippen LogP contribution is -2.44. The van der Waals surface area contributed by atoms with Crippen molar-refractivity contribution >= 4 is 11.9 Å². The lowest BCUT2D eigenvalue weighted by molar-refractivity contribution is -0.151. The fourth-order valence-electron chi connectivity index (χ4n) is 3.17. The summed E-state index contributed by atoms with van der Waals surface area (Å²) < 4.78 is 5.13. The van der Waals surface area contributed by atoms with E-state index in [0.29, 0.717) is 43.8 Å². The number of aliphatic carboxylic acids is 1. The van der Waals surface area contributed by atoms with Crippen LogP contribution in [-0.2, 0) is 22.4 Å². The normalized spacial score (nSPS) is 16.7. The van der Waals surface area contributed by atoms with Crippen LogP contribution in [0, 0.1) is 5.41 Å². The molecule has 134 valence electrons. The second-order valence-corrected chi connectivity index (χ2v) is 6.63. The largest absolute Gasteiger partial charge is 0.481 e. The van der Waals surface area contributed by atoms with E-state index in [2.05, 4.69) is 22.4 Å². The number of amides is 1. The molecule has 1 fully saturated rings. The van der Waals surface area contributed by atoms with Gasteiger partial charge < -0.3 is 14.9 Å². The van der Waals surface area contributed by atoms with Crippen LogP contribution in [0.25, 0.3) is 0 Å². The van der Waals surface area contributed by atoms with Crippen LogP contribution in [0.15, 0.2) is 4.52 Å². The molecular weight excluding hydrogens is 310 g/mol. The lowest BCUT2D eigenvalue weighted by Gasteiger charge is -2.33. The Morgan fingerprint density at radius 2 is 2.00 bits per heavy atom. The van der Waals surface area contributed by atoms with Crippen LogP contribution < -0.4 is 5.32 Å². The Kier molecular flexibility index (Phi) is 6.75. The molecule has 1 aromatic rings. The number of hydrogen-bond acceptors (Lipinski definition) is 5. The molecule has 0 atom stereocenters. The summed E-state index contributed by atoms with van der Waals surface area (Å²) in [6, 6.07) is 0. The van der Waals surface area contributed by atoms with E-state index in [4.69, 9.17) is 4.52 Å². The Labute approximate surface area is 142 Å². The van der Waals surface area contributed by atoms with Gasteiger partial charge in [-0.1, -0.05) is 31.3 Å². The highest BCUT2D eigenvalue weighted by atomic mass is 16.5. The van der Waals surface area contributed by atoms with Gasteiger partial charge in [-0.15, -0.1) is 0 Å². The molecule has 1 heterocycles. The number of carboxylic acid groups (broad SMARTS) is 1. The van der Waals surface area contributed by atoms with Gasteiger partial charge in [-0.25, -0.2) is 0 Å². The van der Waals surface area contributed by atoms with Crippen LogP contribution in [0.5, 0.6) is 0 Å². The Morgan fingerprint density at radius 1 is 1.25 bits per heavy atom. The number of carboxylic acids is 1. The van der Waals surface area contributed by atoms with Crippen LogP contribution in [0.2, 0.25) is 0 Å². The van der Waals surface area contributed by atoms with Gasteiger partial charge in [0.05, 0.1) is 5.41 Å². The third-order valence-electron chi connectivity index (χ3n) is 4.67. The van der Waals surface area contributed by atoms with Gasteiger partial charge in [-0.05, 0) is 25.7 Å². The summed E-state index contributed by atoms with van der Waals surface area (Å²) >= 11 is 0. The zero-order chi connectivity index (χ0) is 17.4. The molecule has 1 amide bonds. The molecule has 24 heavy (non-hydrogen) atoms. The minimum absolute atomic E-state index is 0.116. The van der Waals surface area contributed by atoms with Gasteiger partial charge in [0.25, 0.3) is 0 Å². The molecule has 1 saturated carbocycles. The van der Waals surface area contributed by atoms with Crippen LogP contribution in [-0.4, -0.2) is 33.7 Å². The van der Waals surface area contributed by atoms with E-state index in [1.165, 1.54) is 0 Å². The van der Waals surface area contributed by atoms with Crippen LogP contribution in [0.1, 0.15) is 70.0 Å². The van der Waals surface area contributed by atoms with Crippen LogP contribution >= 0.6 is 0 Å². The number of rotatable bonds is 9. The van der Waals surface area contributed by atoms with Crippen molar-refractivity contribution < 1.29 is 19.2 Å². The van der Waals surface area contributed by atoms with Crippen LogP contribution in [0.4, 0.5) is 0 Å². The van der Waals surface area contributed by atoms with E-state index >= 15 is 0 Å². The molecule has 0 spiro atoms. The zero-order valence-electron chi connectivity index (χ0n) is 14.3. The molecular formula is C17H27N3O4. The number of carbonyl (C=O) groups excluding carboxylic acids is 1. The van der Waals surface area contributed by atoms with Crippen molar-refractivity contribution in [1.29, 1.82) is 0 Å². The van der Waals surface area contributed by atoms with Gasteiger partial charge in [-0.2, -0.15) is 4.98 Å². The molecule has 1 aliphatic carbocycles. The topological polar surface area (TPSA) is 105 Å². The van der Waals surface area contributed by atoms with E-state index in [1.54, 1.807) is 0 Å². The molecule has 1 aliphatic rings. The molecule has 0 saturated heterocycles. The van der Waals surface area contributed by atoms with Crippen molar-refractivity contribution in [3.8, 4) is 0 Å². The number of carbonyl (C=O) groups is 2. The Morgan fingerprint density at radius 3 is 2.67 bits per heavy atom. The minimum Gasteiger partial charge on any atom is -0.481 e. The number of nitrogens with zero attached hydrogens (tertiary/aromatic N) is 2. The summed E-state index contributed by atoms with van der Waals surface area (Å²) in [5.74, 6) is 0.351. The van der Waals surface area contributed by atoms with Crippen molar-refractivity contribution in [1.82, 2.24) is 15.5 Å². The van der Waals surface area contributed by atoms with E-state index in [9.17, 15) is 14.7 Å². The summed E-state index contributed by atoms with van der Waals surface area (Å²) in [5, 5.41) is 16.2. The van der Waals surface area contributed by atoms with E-state index in [1.807, 2.05) is 0 Å². The molecule has 0 bridgehead atoms. The third kappa shape index (κ3) is 5.04. The first-order valence-corrected chi connectivity index (χ1v) is 8.87. The summed E-state index contributed by atoms with van der Waals surface area (Å²) in [5.41, 5.74) is -0.782. The highest BCUT2D eigenvalue weighted by molar-refractivity contribution is 5.79. The first kappa shape index (κ1) is 18.4. The highest BCUT2D eigenvalue weighted by Gasteiger charge is 2.39. The molecule has 2 rings (SSSR count). The summed E-state index contributed by atoms with van der Waals surface area (Å²) in [7, 11) is 0. The minimum atomic E-state index is -0.795. The van der Waals surface area contributed by atoms with Crippen molar-refractivity contribution in [2.75, 3.05) is 6.54 Å². The summed E-state index contributed by atoms with van der Waals surface area (Å²) in [4.78, 5) is 27.8. The molecule has 0 radical (unpaired) electrons. The molecule has 7 nitrogen and oxygen atoms in total. The average molecular weight is 337 g/mol. The molecule has 7 heteroatoms. The first-order chi connectivity index (χ1) is 11.6. The predicted octanol–water partition coefficient (Wildman–Crippen LogP) is 2.50. The monoisotopic (exact) mass is 337 g/mol. The van der Waals surface area contributed by atoms with Crippen molar-refractivity contribution in [3.63, 3.8) is 0 Å². The number of nitrogens with one attached hydrogen (secondary N) is 1. The van der Waals surface area contributed by atoms with Gasteiger partial charge in [0.2, 0.25) is 11.8 Å². The maximum atomic E-state index is 12.0. The maximum Gasteiger partial charge on any atom is 0.311 e. The summed E-state index contributed by atoms with van der Waals surface area (Å²) in [6.07, 6.45) is 7.46. The zero-order valence-corrected chi connectivity index (χ0v) is 14.3. The Balaban J connectivity index is 1.71. The highest BCUT2D eigenvalue weighted by Crippen LogP contribution is 2.36. The average Bonchev–Trinajstić information content (AvgIpc) is 3.01. The van der Waals surface area contributed by atoms with E-state index in [-0.39, 0.29) is 12.5 Å². The number of aryl methyl sites for hydroxylation is 2. The Hall–Kier alpha value is -1.92. The maximum absolute atomic E-state index is 12.0. The second-order valence-electron chi connectivity index (χ2n) is 6.63. The summed E-state index contributed by atoms with van der Waals surface area (Å²) in [6.45, 7) is 2.28. The fourth-order valence-corrected chi connectivity index (χ4v) is 3.17. The van der Waals surface area contributed by atoms with E-state index < -0.39 is 11.4 Å². The molecule has 0 aromatic carbocycles. The lowest BCUT2D eigenvalue weighted by atomic mass is 9.74. The molecule has 2 N–H and O–H groups in total. The number of hydrogen-bond donors (Lipinski definition) is 2. The Bertz CT molecular complexity index is 550. The fraction of sp³-hybridized carbons (Fsp3) is 0.765. The van der Waals surface area contributed by atoms with Gasteiger partial charge in [0.1, 0.15) is 0 Å². The third-order valence-corrected chi connectivity index (χ3v) is 4.67. The second kappa shape index (κ2) is 8.80. The van der Waals surface area contributed by atoms with Gasteiger partial charge >= 0.3 is 5.97 Å². The SMILES string of the molecule is CCCc1noc(CCCC(=O)NCC2(C(=O)O)CCCCC2)n1. The molecule has 0 aliphatic heterocycles. The standard InChI is InChI=1S/C17H27N3O4/c1-2-7-13-19-15(24-20-13)9-6-8-14(21)18-12-17(16(22)23)10-4-3-5-11-17/h2-12H2,1H3,(H,18,21)(H,22,23). The quantitative estimate of drug-likeness (QED) is 0.717. The first-order valence-electron chi connectivity index (χ1n) is 8.87. The van der Waals surface area contributed by atoms with Gasteiger partial charge in [0.15, 0.2) is 5.82 Å². The van der Waals surface area contributed by atoms with Crippen LogP contribution in [0.3, 0.4) is 0 Å². The van der Waals surface area contributed by atoms with E-state index in [0.717, 1.165) is 32.1 Å². The van der Waals surface area contributed by atoms with Gasteiger partial charge in [0, 0.05) is 25.8 Å². The van der Waals surface area contributed by atoms with Crippen molar-refractivity contribution in [2.45, 2.75) is 71.1 Å². The molecule has 1 aromatic heterocycles. The van der Waals surface area contributed by atoms with Crippen molar-refractivity contribution in [2.24, 2.45) is 5.41 Å². The number of aromatic nitrogens is 2. The van der Waals surface area contributed by atoms with Gasteiger partial charge in [-0.3, -0.25) is 9.59 Å². The molecule has 0 unspecified atom stereocenters. The smallest absolute Gasteiger partial charge is 0.311 e. The van der Waals surface area contributed by atoms with Crippen molar-refractivity contribution in [3.05, 3.63) is 11.7 Å². The predicted molar refractivity (Wildman–Crippen MR) is 87.4 cm³/mol.